The van der Waals surface area contributed by atoms with Crippen molar-refractivity contribution >= 4 is 35.2 Å². The van der Waals surface area contributed by atoms with Crippen LogP contribution in [0.1, 0.15) is 78.0 Å². The second-order valence-corrected chi connectivity index (χ2v) is 22.6. The van der Waals surface area contributed by atoms with Crippen molar-refractivity contribution in [3.05, 3.63) is 227 Å². The Morgan fingerprint density at radius 3 is 1.54 bits per heavy atom. The molecule has 3 fully saturated rings. The van der Waals surface area contributed by atoms with E-state index in [1.54, 1.807) is 23.2 Å². The van der Waals surface area contributed by atoms with Crippen molar-refractivity contribution in [2.75, 3.05) is 55.2 Å². The summed E-state index contributed by atoms with van der Waals surface area (Å²) in [7, 11) is 0. The highest BCUT2D eigenvalue weighted by atomic mass is 19.4. The van der Waals surface area contributed by atoms with Crippen molar-refractivity contribution in [1.29, 1.82) is 0 Å². The molecule has 478 valence electrons. The van der Waals surface area contributed by atoms with Crippen LogP contribution in [0.4, 0.5) is 71.0 Å². The molecule has 10 rings (SSSR count). The zero-order valence-corrected chi connectivity index (χ0v) is 49.5. The molecule has 1 aromatic heterocycles. The molecule has 6 amide bonds. The van der Waals surface area contributed by atoms with E-state index in [-0.39, 0.29) is 34.8 Å². The van der Waals surface area contributed by atoms with Crippen LogP contribution in [-0.2, 0) is 44.5 Å². The van der Waals surface area contributed by atoms with E-state index in [0.29, 0.717) is 44.8 Å². The number of aromatic nitrogens is 1. The maximum atomic E-state index is 13.4. The van der Waals surface area contributed by atoms with E-state index in [9.17, 15) is 59.0 Å². The van der Waals surface area contributed by atoms with Crippen LogP contribution in [0.15, 0.2) is 182 Å². The lowest BCUT2D eigenvalue weighted by atomic mass is 10.0. The molecule has 2 atom stereocenters. The first-order chi connectivity index (χ1) is 43.0. The standard InChI is InChI=1S/C26H27F3N4O.C21H24F3N3O.C20H22F3N3O2/c27-26(28,29)22-9-4-10-23(16-22)31-25(34)33(19-20-6-2-1-3-7-20)24-11-14-32(15-12-24)18-21-8-5-13-30-17-21;1-21(23,24)16-5-3-7-19(13-16)26-20(28)25-18-8-10-27(11-9-18)14-15-4-2-6-17(22)12-15;21-20(22,23)15-7-4-8-16(11-15)24-19(28)25-17-9-10-26(13-18(17)27)12-14-5-2-1-3-6-14/h1-10,13,16-17,24H,11-12,14-15,18-19H2,(H,31,34);2-7,12-13,18H,8-11,14H2,1H3,(H2,25,26,28);1-8,11,17-18,27H,9-10,12-13H2,(H2,24,25,28)/t;;17-,18-/m..0/s1. The molecular weight excluding hydrogens is 1180 g/mol. The molecule has 0 radical (unpaired) electrons. The van der Waals surface area contributed by atoms with Gasteiger partial charge in [0.05, 0.1) is 23.3 Å². The fourth-order valence-corrected chi connectivity index (χ4v) is 10.9. The number of hydrogen-bond donors (Lipinski definition) is 6. The first kappa shape index (κ1) is 67.4. The number of likely N-dealkylation sites (tertiary alicyclic amines) is 3. The zero-order chi connectivity index (χ0) is 64.3. The van der Waals surface area contributed by atoms with Crippen molar-refractivity contribution in [1.82, 2.24) is 35.2 Å². The van der Waals surface area contributed by atoms with Gasteiger partial charge in [0.15, 0.2) is 0 Å². The summed E-state index contributed by atoms with van der Waals surface area (Å²) in [5.74, 6) is -3.20. The Morgan fingerprint density at radius 1 is 0.522 bits per heavy atom. The third-order valence-corrected chi connectivity index (χ3v) is 15.5. The van der Waals surface area contributed by atoms with Crippen molar-refractivity contribution in [2.24, 2.45) is 0 Å². The van der Waals surface area contributed by atoms with Crippen molar-refractivity contribution in [2.45, 2.75) is 108 Å². The number of anilines is 3. The summed E-state index contributed by atoms with van der Waals surface area (Å²) in [5.41, 5.74) is 2.93. The summed E-state index contributed by atoms with van der Waals surface area (Å²) in [6, 6.07) is 43.0. The number of pyridine rings is 1. The second-order valence-electron chi connectivity index (χ2n) is 22.6. The van der Waals surface area contributed by atoms with Crippen molar-refractivity contribution < 1.29 is 59.0 Å². The monoisotopic (exact) mass is 1250 g/mol. The summed E-state index contributed by atoms with van der Waals surface area (Å²) in [6.07, 6.45) is -2.44. The van der Waals surface area contributed by atoms with E-state index in [4.69, 9.17) is 0 Å². The van der Waals surface area contributed by atoms with Crippen molar-refractivity contribution in [3.8, 4) is 0 Å². The second kappa shape index (κ2) is 31.8. The van der Waals surface area contributed by atoms with E-state index in [0.717, 1.165) is 112 Å². The first-order valence-corrected chi connectivity index (χ1v) is 29.6. The minimum Gasteiger partial charge on any atom is -0.390 e. The van der Waals surface area contributed by atoms with Crippen LogP contribution in [0, 0.1) is 5.82 Å². The average molecular weight is 1250 g/mol. The largest absolute Gasteiger partial charge is 0.416 e. The molecule has 7 aromatic rings. The van der Waals surface area contributed by atoms with Gasteiger partial charge in [-0.25, -0.2) is 27.6 Å². The Morgan fingerprint density at radius 2 is 1.00 bits per heavy atom. The van der Waals surface area contributed by atoms with Crippen LogP contribution >= 0.6 is 0 Å². The molecule has 90 heavy (non-hydrogen) atoms. The normalized spacial score (nSPS) is 17.1. The Balaban J connectivity index is 0.000000176. The van der Waals surface area contributed by atoms with E-state index >= 15 is 0 Å². The van der Waals surface area contributed by atoms with Crippen LogP contribution in [0.3, 0.4) is 0 Å². The lowest BCUT2D eigenvalue weighted by molar-refractivity contribution is -0.138. The van der Waals surface area contributed by atoms with Crippen LogP contribution in [0.25, 0.3) is 0 Å². The summed E-state index contributed by atoms with van der Waals surface area (Å²) < 4.78 is 118. The molecule has 6 N–H and O–H groups in total. The third kappa shape index (κ3) is 21.6. The summed E-state index contributed by atoms with van der Waals surface area (Å²) >= 11 is 0. The number of aliphatic hydroxyl groups is 1. The lowest BCUT2D eigenvalue weighted by Gasteiger charge is -2.38. The van der Waals surface area contributed by atoms with Gasteiger partial charge in [0.25, 0.3) is 5.92 Å². The number of carbonyl (C=O) groups is 3. The number of aliphatic hydroxyl groups excluding tert-OH is 1. The topological polar surface area (TPSA) is 157 Å². The summed E-state index contributed by atoms with van der Waals surface area (Å²) in [6.45, 7) is 7.72. The van der Waals surface area contributed by atoms with Gasteiger partial charge in [0.2, 0.25) is 0 Å². The quantitative estimate of drug-likeness (QED) is 0.0554. The fraction of sp³-hybridized carbons (Fsp3) is 0.343. The minimum absolute atomic E-state index is 0.0135. The van der Waals surface area contributed by atoms with Crippen LogP contribution < -0.4 is 26.6 Å². The Kier molecular flexibility index (Phi) is 23.8. The Labute approximate surface area is 517 Å². The molecule has 23 heteroatoms. The minimum atomic E-state index is -4.48. The maximum Gasteiger partial charge on any atom is 0.416 e. The number of alkyl halides is 8. The highest BCUT2D eigenvalue weighted by Gasteiger charge is 2.34. The number of amides is 6. The van der Waals surface area contributed by atoms with E-state index < -0.39 is 59.6 Å². The number of nitrogens with zero attached hydrogens (tertiary/aromatic N) is 5. The molecule has 14 nitrogen and oxygen atoms in total. The van der Waals surface area contributed by atoms with Gasteiger partial charge in [-0.3, -0.25) is 19.7 Å². The SMILES string of the molecule is CC(F)(F)c1cccc(NC(=O)NC2CCN(Cc3cccc(F)c3)CC2)c1.O=C(Nc1cccc(C(F)(F)F)c1)N(Cc1ccccc1)C1CCN(Cc2cccnc2)CC1.O=C(Nc1cccc(C(F)(F)F)c1)N[C@H]1CCN(Cc2ccccc2)C[C@@H]1O. The highest BCUT2D eigenvalue weighted by molar-refractivity contribution is 5.91. The van der Waals surface area contributed by atoms with Gasteiger partial charge < -0.3 is 36.6 Å². The lowest BCUT2D eigenvalue weighted by Crippen LogP contribution is -2.54. The molecule has 0 aliphatic carbocycles. The predicted octanol–water partition coefficient (Wildman–Crippen LogP) is 14.0. The molecule has 6 aromatic carbocycles. The fourth-order valence-electron chi connectivity index (χ4n) is 10.9. The molecule has 4 heterocycles. The zero-order valence-electron chi connectivity index (χ0n) is 49.5. The van der Waals surface area contributed by atoms with Crippen LogP contribution in [-0.4, -0.2) is 111 Å². The molecule has 0 spiro atoms. The van der Waals surface area contributed by atoms with Gasteiger partial charge in [-0.05, 0) is 121 Å². The number of hydrogen-bond acceptors (Lipinski definition) is 8. The molecule has 3 aliphatic rings. The molecule has 0 bridgehead atoms. The van der Waals surface area contributed by atoms with Gasteiger partial charge in [-0.1, -0.05) is 103 Å². The molecular formula is C67H73F9N10O4. The molecule has 0 unspecified atom stereocenters. The third-order valence-electron chi connectivity index (χ3n) is 15.5. The molecule has 3 aliphatic heterocycles. The Hall–Kier alpha value is -8.51. The number of β-amino-alcohol motifs (C(OH)–C–C–N with tert-alkyl or cyclic N) is 1. The predicted molar refractivity (Wildman–Crippen MR) is 328 cm³/mol. The summed E-state index contributed by atoms with van der Waals surface area (Å²) in [4.78, 5) is 50.1. The molecule has 3 saturated heterocycles. The van der Waals surface area contributed by atoms with Gasteiger partial charge in [-0.2, -0.15) is 26.3 Å². The Bertz CT molecular complexity index is 3390. The van der Waals surface area contributed by atoms with Gasteiger partial charge in [0.1, 0.15) is 5.82 Å². The summed E-state index contributed by atoms with van der Waals surface area (Å²) in [5, 5.41) is 23.6. The van der Waals surface area contributed by atoms with Crippen LogP contribution in [0.5, 0.6) is 0 Å². The van der Waals surface area contributed by atoms with E-state index in [1.807, 2.05) is 85.1 Å². The van der Waals surface area contributed by atoms with Gasteiger partial charge in [-0.15, -0.1) is 0 Å². The number of urea groups is 3. The average Bonchev–Trinajstić information content (AvgIpc) is 1.74. The number of carbonyl (C=O) groups excluding carboxylic acids is 3. The van der Waals surface area contributed by atoms with Crippen LogP contribution in [0.2, 0.25) is 0 Å². The van der Waals surface area contributed by atoms with E-state index in [1.165, 1.54) is 54.6 Å². The smallest absolute Gasteiger partial charge is 0.390 e. The van der Waals surface area contributed by atoms with E-state index in [2.05, 4.69) is 46.3 Å². The maximum absolute atomic E-state index is 13.4. The van der Waals surface area contributed by atoms with Gasteiger partial charge in [0, 0.05) is 119 Å². The number of benzene rings is 6. The molecule has 0 saturated carbocycles. The number of rotatable bonds is 15. The highest BCUT2D eigenvalue weighted by Crippen LogP contribution is 2.33. The number of halogens is 9. The number of piperidine rings is 3. The first-order valence-electron chi connectivity index (χ1n) is 29.6. The van der Waals surface area contributed by atoms with Crippen molar-refractivity contribution in [3.63, 3.8) is 0 Å². The number of nitrogens with one attached hydrogen (secondary N) is 5. The van der Waals surface area contributed by atoms with Gasteiger partial charge >= 0.3 is 30.4 Å².